The van der Waals surface area contributed by atoms with Gasteiger partial charge in [0, 0.05) is 18.8 Å². The maximum absolute atomic E-state index is 12.1. The predicted molar refractivity (Wildman–Crippen MR) is 73.7 cm³/mol. The summed E-state index contributed by atoms with van der Waals surface area (Å²) >= 11 is 0. The number of ketones is 1. The van der Waals surface area contributed by atoms with E-state index in [-0.39, 0.29) is 17.2 Å². The van der Waals surface area contributed by atoms with E-state index in [2.05, 4.69) is 9.82 Å². The van der Waals surface area contributed by atoms with Crippen molar-refractivity contribution in [1.29, 1.82) is 0 Å². The van der Waals surface area contributed by atoms with E-state index in [1.54, 1.807) is 36.1 Å². The third-order valence-corrected chi connectivity index (χ3v) is 4.16. The summed E-state index contributed by atoms with van der Waals surface area (Å²) in [7, 11) is -1.90. The van der Waals surface area contributed by atoms with Crippen LogP contribution in [0.1, 0.15) is 23.0 Å². The third kappa shape index (κ3) is 3.31. The van der Waals surface area contributed by atoms with Crippen LogP contribution in [0, 0.1) is 0 Å². The number of carbonyl (C=O) groups excluding carboxylic acids is 1. The van der Waals surface area contributed by atoms with Gasteiger partial charge in [0.05, 0.1) is 17.1 Å². The van der Waals surface area contributed by atoms with E-state index in [0.29, 0.717) is 11.3 Å². The molecule has 1 N–H and O–H groups in total. The van der Waals surface area contributed by atoms with Gasteiger partial charge in [0.15, 0.2) is 5.78 Å². The van der Waals surface area contributed by atoms with Crippen LogP contribution in [0.2, 0.25) is 0 Å². The molecule has 2 rings (SSSR count). The topological polar surface area (TPSA) is 81.1 Å². The maximum atomic E-state index is 12.1. The zero-order valence-corrected chi connectivity index (χ0v) is 12.0. The number of carbonyl (C=O) groups is 1. The van der Waals surface area contributed by atoms with Gasteiger partial charge in [-0.3, -0.25) is 9.48 Å². The molecule has 0 aliphatic heterocycles. The first-order valence-electron chi connectivity index (χ1n) is 5.98. The summed E-state index contributed by atoms with van der Waals surface area (Å²) in [4.78, 5) is 11.3. The van der Waals surface area contributed by atoms with Gasteiger partial charge in [0.2, 0.25) is 10.0 Å². The Kier molecular flexibility index (Phi) is 4.01. The maximum Gasteiger partial charge on any atom is 0.240 e. The quantitative estimate of drug-likeness (QED) is 0.837. The van der Waals surface area contributed by atoms with Crippen molar-refractivity contribution in [3.8, 4) is 0 Å². The third-order valence-electron chi connectivity index (χ3n) is 2.76. The second-order valence-corrected chi connectivity index (χ2v) is 6.16. The molecule has 0 aliphatic rings. The molecule has 0 aliphatic carbocycles. The Morgan fingerprint density at radius 2 is 2.10 bits per heavy atom. The summed E-state index contributed by atoms with van der Waals surface area (Å²) in [5.41, 5.74) is 0.990. The molecule has 1 aromatic carbocycles. The molecule has 1 aromatic heterocycles. The number of hydrogen-bond donors (Lipinski definition) is 1. The summed E-state index contributed by atoms with van der Waals surface area (Å²) < 4.78 is 28.3. The lowest BCUT2D eigenvalue weighted by Crippen LogP contribution is -2.23. The van der Waals surface area contributed by atoms with Crippen LogP contribution in [0.4, 0.5) is 0 Å². The lowest BCUT2D eigenvalue weighted by molar-refractivity contribution is 0.101. The molecule has 0 saturated carbocycles. The Balaban J connectivity index is 2.17. The normalized spacial score (nSPS) is 11.5. The number of rotatable bonds is 5. The van der Waals surface area contributed by atoms with E-state index in [1.165, 1.54) is 19.1 Å². The monoisotopic (exact) mass is 293 g/mol. The molecule has 0 bridgehead atoms. The number of Topliss-reactive ketones (excluding diaryl/α,β-unsaturated/α-hetero) is 1. The lowest BCUT2D eigenvalue weighted by atomic mass is 10.2. The van der Waals surface area contributed by atoms with E-state index in [4.69, 9.17) is 0 Å². The fourth-order valence-corrected chi connectivity index (χ4v) is 2.74. The highest BCUT2D eigenvalue weighted by molar-refractivity contribution is 7.89. The molecular weight excluding hydrogens is 278 g/mol. The average molecular weight is 293 g/mol. The summed E-state index contributed by atoms with van der Waals surface area (Å²) in [5.74, 6) is -0.174. The highest BCUT2D eigenvalue weighted by Gasteiger charge is 2.15. The second-order valence-electron chi connectivity index (χ2n) is 4.39. The Morgan fingerprint density at radius 1 is 1.35 bits per heavy atom. The fourth-order valence-electron chi connectivity index (χ4n) is 1.69. The molecular formula is C13H15N3O3S. The lowest BCUT2D eigenvalue weighted by Gasteiger charge is -2.06. The van der Waals surface area contributed by atoms with E-state index < -0.39 is 10.0 Å². The van der Waals surface area contributed by atoms with Crippen LogP contribution in [-0.4, -0.2) is 24.0 Å². The molecule has 0 unspecified atom stereocenters. The van der Waals surface area contributed by atoms with Crippen molar-refractivity contribution in [3.63, 3.8) is 0 Å². The zero-order valence-electron chi connectivity index (χ0n) is 11.2. The summed E-state index contributed by atoms with van der Waals surface area (Å²) in [5, 5.41) is 4.09. The van der Waals surface area contributed by atoms with Gasteiger partial charge < -0.3 is 0 Å². The predicted octanol–water partition coefficient (Wildman–Crippen LogP) is 1.10. The Labute approximate surface area is 117 Å². The molecule has 0 fully saturated rings. The Hall–Kier alpha value is -1.99. The molecule has 1 heterocycles. The average Bonchev–Trinajstić information content (AvgIpc) is 2.82. The van der Waals surface area contributed by atoms with E-state index >= 15 is 0 Å². The molecule has 7 heteroatoms. The van der Waals surface area contributed by atoms with Gasteiger partial charge >= 0.3 is 0 Å². The van der Waals surface area contributed by atoms with Crippen LogP contribution in [-0.2, 0) is 23.6 Å². The Morgan fingerprint density at radius 3 is 2.70 bits per heavy atom. The van der Waals surface area contributed by atoms with Gasteiger partial charge in [0.25, 0.3) is 0 Å². The molecule has 0 saturated heterocycles. The smallest absolute Gasteiger partial charge is 0.240 e. The van der Waals surface area contributed by atoms with Crippen LogP contribution in [0.25, 0.3) is 0 Å². The highest BCUT2D eigenvalue weighted by Crippen LogP contribution is 2.12. The molecule has 0 spiro atoms. The molecule has 6 nitrogen and oxygen atoms in total. The van der Waals surface area contributed by atoms with Crippen molar-refractivity contribution in [2.24, 2.45) is 7.05 Å². The molecule has 0 atom stereocenters. The molecule has 106 valence electrons. The number of nitrogens with zero attached hydrogens (tertiary/aromatic N) is 2. The van der Waals surface area contributed by atoms with Crippen molar-refractivity contribution in [2.75, 3.05) is 0 Å². The number of sulfonamides is 1. The molecule has 0 radical (unpaired) electrons. The number of aryl methyl sites for hydroxylation is 1. The van der Waals surface area contributed by atoms with Crippen LogP contribution < -0.4 is 4.72 Å². The van der Waals surface area contributed by atoms with E-state index in [1.807, 2.05) is 0 Å². The number of benzene rings is 1. The first-order chi connectivity index (χ1) is 9.38. The van der Waals surface area contributed by atoms with Crippen molar-refractivity contribution >= 4 is 15.8 Å². The van der Waals surface area contributed by atoms with Crippen LogP contribution >= 0.6 is 0 Å². The number of nitrogens with one attached hydrogen (secondary N) is 1. The Bertz CT molecular complexity index is 735. The first-order valence-corrected chi connectivity index (χ1v) is 7.46. The van der Waals surface area contributed by atoms with Crippen molar-refractivity contribution in [2.45, 2.75) is 18.4 Å². The minimum Gasteiger partial charge on any atom is -0.295 e. The summed E-state index contributed by atoms with van der Waals surface area (Å²) in [6.07, 6.45) is 1.74. The molecule has 2 aromatic rings. The van der Waals surface area contributed by atoms with Crippen LogP contribution in [0.5, 0.6) is 0 Å². The fraction of sp³-hybridized carbons (Fsp3) is 0.231. The largest absolute Gasteiger partial charge is 0.295 e. The van der Waals surface area contributed by atoms with Crippen molar-refractivity contribution in [3.05, 3.63) is 47.8 Å². The summed E-state index contributed by atoms with van der Waals surface area (Å²) in [6, 6.07) is 7.68. The minimum atomic E-state index is -3.66. The first kappa shape index (κ1) is 14.4. The van der Waals surface area contributed by atoms with Gasteiger partial charge in [-0.15, -0.1) is 0 Å². The van der Waals surface area contributed by atoms with Gasteiger partial charge in [-0.2, -0.15) is 5.10 Å². The number of aromatic nitrogens is 2. The minimum absolute atomic E-state index is 0.0705. The van der Waals surface area contributed by atoms with Crippen molar-refractivity contribution in [1.82, 2.24) is 14.5 Å². The molecule has 20 heavy (non-hydrogen) atoms. The van der Waals surface area contributed by atoms with Gasteiger partial charge in [-0.05, 0) is 25.1 Å². The van der Waals surface area contributed by atoms with E-state index in [0.717, 1.165) is 0 Å². The van der Waals surface area contributed by atoms with Crippen LogP contribution in [0.15, 0.2) is 41.4 Å². The summed E-state index contributed by atoms with van der Waals surface area (Å²) in [6.45, 7) is 1.50. The standard InChI is InChI=1S/C13H15N3O3S/c1-10(17)11-4-3-5-13(8-11)20(18,19)14-9-12-6-7-16(2)15-12/h3-8,14H,9H2,1-2H3. The second kappa shape index (κ2) is 5.56. The number of hydrogen-bond acceptors (Lipinski definition) is 4. The van der Waals surface area contributed by atoms with Gasteiger partial charge in [0.1, 0.15) is 0 Å². The van der Waals surface area contributed by atoms with Crippen molar-refractivity contribution < 1.29 is 13.2 Å². The SMILES string of the molecule is CC(=O)c1cccc(S(=O)(=O)NCc2ccn(C)n2)c1. The van der Waals surface area contributed by atoms with Gasteiger partial charge in [-0.1, -0.05) is 12.1 Å². The van der Waals surface area contributed by atoms with Crippen LogP contribution in [0.3, 0.4) is 0 Å². The van der Waals surface area contributed by atoms with E-state index in [9.17, 15) is 13.2 Å². The van der Waals surface area contributed by atoms with Gasteiger partial charge in [-0.25, -0.2) is 13.1 Å². The highest BCUT2D eigenvalue weighted by atomic mass is 32.2. The molecule has 0 amide bonds. The zero-order chi connectivity index (χ0) is 14.8.